The van der Waals surface area contributed by atoms with Crippen LogP contribution in [0, 0.1) is 0 Å². The van der Waals surface area contributed by atoms with Crippen molar-refractivity contribution in [2.24, 2.45) is 4.99 Å². The van der Waals surface area contributed by atoms with Gasteiger partial charge in [0.1, 0.15) is 0 Å². The Morgan fingerprint density at radius 1 is 1.14 bits per heavy atom. The predicted molar refractivity (Wildman–Crippen MR) is 130 cm³/mol. The van der Waals surface area contributed by atoms with Crippen LogP contribution in [0.4, 0.5) is 0 Å². The van der Waals surface area contributed by atoms with E-state index >= 15 is 0 Å². The van der Waals surface area contributed by atoms with Crippen LogP contribution in [0.25, 0.3) is 0 Å². The zero-order valence-corrected chi connectivity index (χ0v) is 20.2. The number of guanidine groups is 1. The van der Waals surface area contributed by atoms with Gasteiger partial charge in [0.25, 0.3) is 0 Å². The summed E-state index contributed by atoms with van der Waals surface area (Å²) in [6.07, 6.45) is 5.24. The van der Waals surface area contributed by atoms with Crippen LogP contribution in [0.15, 0.2) is 35.3 Å². The van der Waals surface area contributed by atoms with Crippen molar-refractivity contribution in [3.05, 3.63) is 35.9 Å². The summed E-state index contributed by atoms with van der Waals surface area (Å²) in [4.78, 5) is 7.10. The van der Waals surface area contributed by atoms with Gasteiger partial charge in [-0.25, -0.2) is 0 Å². The summed E-state index contributed by atoms with van der Waals surface area (Å²) in [5.74, 6) is 0.919. The summed E-state index contributed by atoms with van der Waals surface area (Å²) in [6.45, 7) is 9.96. The van der Waals surface area contributed by atoms with Crippen LogP contribution in [-0.4, -0.2) is 55.2 Å². The predicted octanol–water partition coefficient (Wildman–Crippen LogP) is 3.53. The smallest absolute Gasteiger partial charge is 0.191 e. The Kier molecular flexibility index (Phi) is 9.02. The van der Waals surface area contributed by atoms with Crippen molar-refractivity contribution >= 4 is 29.9 Å². The molecule has 1 aromatic rings. The maximum absolute atomic E-state index is 4.44. The maximum Gasteiger partial charge on any atom is 0.191 e. The Morgan fingerprint density at radius 3 is 2.36 bits per heavy atom. The largest absolute Gasteiger partial charge is 0.355 e. The normalized spacial score (nSPS) is 20.4. The molecule has 2 fully saturated rings. The number of nitrogens with zero attached hydrogens (tertiary/aromatic N) is 2. The van der Waals surface area contributed by atoms with E-state index in [9.17, 15) is 0 Å². The molecule has 1 heterocycles. The SMILES string of the molecule is CN=C(NCC(C)(C)NC(C)c1ccccc1)NC1CCN(C2CC2)CC1.I. The number of hydrogen-bond donors (Lipinski definition) is 3. The fourth-order valence-corrected chi connectivity index (χ4v) is 4.00. The molecule has 1 unspecified atom stereocenters. The average Bonchev–Trinajstić information content (AvgIpc) is 3.51. The number of halogens is 1. The zero-order chi connectivity index (χ0) is 19.3. The van der Waals surface area contributed by atoms with E-state index in [1.54, 1.807) is 0 Å². The van der Waals surface area contributed by atoms with E-state index in [1.807, 2.05) is 7.05 Å². The molecule has 1 saturated heterocycles. The van der Waals surface area contributed by atoms with Gasteiger partial charge in [0, 0.05) is 50.3 Å². The first-order chi connectivity index (χ1) is 13.0. The molecule has 1 aromatic carbocycles. The molecule has 2 aliphatic rings. The van der Waals surface area contributed by atoms with Gasteiger partial charge in [0.05, 0.1) is 0 Å². The third-order valence-electron chi connectivity index (χ3n) is 5.76. The summed E-state index contributed by atoms with van der Waals surface area (Å²) < 4.78 is 0. The first-order valence-electron chi connectivity index (χ1n) is 10.5. The molecular formula is C22H38IN5. The second-order valence-electron chi connectivity index (χ2n) is 8.77. The highest BCUT2D eigenvalue weighted by Crippen LogP contribution is 2.29. The number of benzene rings is 1. The van der Waals surface area contributed by atoms with Crippen molar-refractivity contribution in [1.82, 2.24) is 20.9 Å². The lowest BCUT2D eigenvalue weighted by Gasteiger charge is -2.34. The molecule has 0 aromatic heterocycles. The molecule has 3 rings (SSSR count). The fourth-order valence-electron chi connectivity index (χ4n) is 4.00. The van der Waals surface area contributed by atoms with Crippen molar-refractivity contribution in [3.8, 4) is 0 Å². The van der Waals surface area contributed by atoms with Gasteiger partial charge < -0.3 is 20.9 Å². The van der Waals surface area contributed by atoms with E-state index in [1.165, 1.54) is 44.3 Å². The molecule has 3 N–H and O–H groups in total. The van der Waals surface area contributed by atoms with Crippen molar-refractivity contribution in [2.45, 2.75) is 70.1 Å². The van der Waals surface area contributed by atoms with Gasteiger partial charge >= 0.3 is 0 Å². The third-order valence-corrected chi connectivity index (χ3v) is 5.76. The Hall–Kier alpha value is -0.860. The monoisotopic (exact) mass is 499 g/mol. The van der Waals surface area contributed by atoms with Gasteiger partial charge in [-0.05, 0) is 52.0 Å². The summed E-state index contributed by atoms with van der Waals surface area (Å²) in [6, 6.07) is 12.3. The molecule has 0 spiro atoms. The lowest BCUT2D eigenvalue weighted by Crippen LogP contribution is -2.54. The molecule has 158 valence electrons. The van der Waals surface area contributed by atoms with Crippen LogP contribution in [-0.2, 0) is 0 Å². The Labute approximate surface area is 188 Å². The molecule has 6 heteroatoms. The van der Waals surface area contributed by atoms with Gasteiger partial charge in [-0.1, -0.05) is 30.3 Å². The third kappa shape index (κ3) is 7.19. The Morgan fingerprint density at radius 2 is 1.79 bits per heavy atom. The van der Waals surface area contributed by atoms with Crippen LogP contribution in [0.2, 0.25) is 0 Å². The minimum atomic E-state index is -0.0395. The summed E-state index contributed by atoms with van der Waals surface area (Å²) in [5.41, 5.74) is 1.28. The first kappa shape index (κ1) is 23.4. The molecule has 1 aliphatic carbocycles. The molecule has 1 atom stereocenters. The van der Waals surface area contributed by atoms with Gasteiger partial charge in [0.2, 0.25) is 0 Å². The number of hydrogen-bond acceptors (Lipinski definition) is 3. The highest BCUT2D eigenvalue weighted by atomic mass is 127. The molecule has 0 amide bonds. The summed E-state index contributed by atoms with van der Waals surface area (Å²) in [5, 5.41) is 10.9. The molecule has 1 aliphatic heterocycles. The number of likely N-dealkylation sites (tertiary alicyclic amines) is 1. The number of rotatable bonds is 7. The molecule has 28 heavy (non-hydrogen) atoms. The van der Waals surface area contributed by atoms with Crippen LogP contribution in [0.1, 0.15) is 58.1 Å². The van der Waals surface area contributed by atoms with Gasteiger partial charge in [-0.15, -0.1) is 24.0 Å². The van der Waals surface area contributed by atoms with Crippen LogP contribution in [0.5, 0.6) is 0 Å². The number of nitrogens with one attached hydrogen (secondary N) is 3. The summed E-state index contributed by atoms with van der Waals surface area (Å²) >= 11 is 0. The van der Waals surface area contributed by atoms with E-state index in [0.717, 1.165) is 18.5 Å². The Balaban J connectivity index is 0.00000280. The minimum Gasteiger partial charge on any atom is -0.355 e. The van der Waals surface area contributed by atoms with E-state index in [-0.39, 0.29) is 29.5 Å². The standard InChI is InChI=1S/C22H37N5.HI/c1-17(18-8-6-5-7-9-18)26-22(2,3)16-24-21(23-4)25-19-12-14-27(15-13-19)20-10-11-20;/h5-9,17,19-20,26H,10-16H2,1-4H3,(H2,23,24,25);1H. The lowest BCUT2D eigenvalue weighted by atomic mass is 10.0. The molecule has 1 saturated carbocycles. The van der Waals surface area contributed by atoms with Crippen molar-refractivity contribution in [2.75, 3.05) is 26.7 Å². The second kappa shape index (κ2) is 10.8. The van der Waals surface area contributed by atoms with Gasteiger partial charge in [0.15, 0.2) is 5.96 Å². The minimum absolute atomic E-state index is 0. The number of aliphatic imine (C=N–C) groups is 1. The van der Waals surface area contributed by atoms with E-state index in [4.69, 9.17) is 0 Å². The van der Waals surface area contributed by atoms with E-state index < -0.39 is 0 Å². The van der Waals surface area contributed by atoms with E-state index in [0.29, 0.717) is 12.1 Å². The highest BCUT2D eigenvalue weighted by Gasteiger charge is 2.32. The van der Waals surface area contributed by atoms with Gasteiger partial charge in [-0.2, -0.15) is 0 Å². The maximum atomic E-state index is 4.44. The van der Waals surface area contributed by atoms with Crippen molar-refractivity contribution < 1.29 is 0 Å². The summed E-state index contributed by atoms with van der Waals surface area (Å²) in [7, 11) is 1.86. The fraction of sp³-hybridized carbons (Fsp3) is 0.682. The van der Waals surface area contributed by atoms with Crippen molar-refractivity contribution in [1.29, 1.82) is 0 Å². The van der Waals surface area contributed by atoms with Crippen LogP contribution < -0.4 is 16.0 Å². The van der Waals surface area contributed by atoms with Crippen LogP contribution in [0.3, 0.4) is 0 Å². The lowest BCUT2D eigenvalue weighted by molar-refractivity contribution is 0.197. The molecule has 5 nitrogen and oxygen atoms in total. The van der Waals surface area contributed by atoms with Crippen molar-refractivity contribution in [3.63, 3.8) is 0 Å². The molecule has 0 bridgehead atoms. The second-order valence-corrected chi connectivity index (χ2v) is 8.77. The van der Waals surface area contributed by atoms with Gasteiger partial charge in [-0.3, -0.25) is 4.99 Å². The number of piperidine rings is 1. The first-order valence-corrected chi connectivity index (χ1v) is 10.5. The Bertz CT molecular complexity index is 607. The molecule has 0 radical (unpaired) electrons. The highest BCUT2D eigenvalue weighted by molar-refractivity contribution is 14.0. The topological polar surface area (TPSA) is 51.7 Å². The molecular weight excluding hydrogens is 461 g/mol. The van der Waals surface area contributed by atoms with E-state index in [2.05, 4.69) is 76.9 Å². The van der Waals surface area contributed by atoms with Crippen LogP contribution >= 0.6 is 24.0 Å². The average molecular weight is 499 g/mol. The quantitative estimate of drug-likeness (QED) is 0.305. The zero-order valence-electron chi connectivity index (χ0n) is 17.9.